The Morgan fingerprint density at radius 2 is 2.21 bits per heavy atom. The predicted octanol–water partition coefficient (Wildman–Crippen LogP) is 2.24. The van der Waals surface area contributed by atoms with E-state index < -0.39 is 0 Å². The molecule has 0 aliphatic rings. The number of hydrogen-bond donors (Lipinski definition) is 1. The third-order valence-corrected chi connectivity index (χ3v) is 2.67. The zero-order valence-electron chi connectivity index (χ0n) is 7.27. The standard InChI is InChI=1S/C9H8FN3S/c10-8-4-2-1-3-7(8)6-14-9-5-11-13-12-9/h1-5H,6H2,(H,11,12,13). The Labute approximate surface area is 84.7 Å². The summed E-state index contributed by atoms with van der Waals surface area (Å²) in [7, 11) is 0. The smallest absolute Gasteiger partial charge is 0.139 e. The van der Waals surface area contributed by atoms with Gasteiger partial charge in [-0.3, -0.25) is 0 Å². The zero-order chi connectivity index (χ0) is 9.80. The van der Waals surface area contributed by atoms with Crippen molar-refractivity contribution in [2.75, 3.05) is 0 Å². The van der Waals surface area contributed by atoms with E-state index in [2.05, 4.69) is 15.4 Å². The molecule has 2 aromatic rings. The van der Waals surface area contributed by atoms with E-state index >= 15 is 0 Å². The molecule has 1 N–H and O–H groups in total. The van der Waals surface area contributed by atoms with E-state index in [1.165, 1.54) is 17.8 Å². The fraction of sp³-hybridized carbons (Fsp3) is 0.111. The average Bonchev–Trinajstić information content (AvgIpc) is 2.69. The summed E-state index contributed by atoms with van der Waals surface area (Å²) in [5.74, 6) is 0.391. The van der Waals surface area contributed by atoms with Gasteiger partial charge in [-0.15, -0.1) is 5.10 Å². The van der Waals surface area contributed by atoms with Gasteiger partial charge in [-0.2, -0.15) is 10.3 Å². The lowest BCUT2D eigenvalue weighted by Crippen LogP contribution is -1.86. The highest BCUT2D eigenvalue weighted by molar-refractivity contribution is 7.98. The summed E-state index contributed by atoms with van der Waals surface area (Å²) in [6.07, 6.45) is 1.62. The first-order chi connectivity index (χ1) is 6.86. The molecule has 0 amide bonds. The maximum absolute atomic E-state index is 13.2. The highest BCUT2D eigenvalue weighted by atomic mass is 32.2. The number of benzene rings is 1. The van der Waals surface area contributed by atoms with Gasteiger partial charge in [0.2, 0.25) is 0 Å². The van der Waals surface area contributed by atoms with E-state index in [-0.39, 0.29) is 5.82 Å². The third-order valence-electron chi connectivity index (χ3n) is 1.73. The van der Waals surface area contributed by atoms with Crippen LogP contribution in [-0.4, -0.2) is 15.4 Å². The van der Waals surface area contributed by atoms with Crippen molar-refractivity contribution >= 4 is 11.8 Å². The molecule has 14 heavy (non-hydrogen) atoms. The fourth-order valence-corrected chi connectivity index (χ4v) is 1.80. The van der Waals surface area contributed by atoms with Crippen LogP contribution < -0.4 is 0 Å². The topological polar surface area (TPSA) is 41.6 Å². The maximum atomic E-state index is 13.2. The van der Waals surface area contributed by atoms with Gasteiger partial charge < -0.3 is 0 Å². The number of aromatic nitrogens is 3. The summed E-state index contributed by atoms with van der Waals surface area (Å²) in [4.78, 5) is 0. The molecule has 0 atom stereocenters. The number of hydrogen-bond acceptors (Lipinski definition) is 3. The first-order valence-electron chi connectivity index (χ1n) is 4.08. The first kappa shape index (κ1) is 9.21. The molecule has 1 aromatic heterocycles. The lowest BCUT2D eigenvalue weighted by Gasteiger charge is -1.99. The summed E-state index contributed by atoms with van der Waals surface area (Å²) in [6, 6.07) is 6.72. The van der Waals surface area contributed by atoms with Gasteiger partial charge in [-0.25, -0.2) is 4.39 Å². The quantitative estimate of drug-likeness (QED) is 0.788. The van der Waals surface area contributed by atoms with Gasteiger partial charge in [0.15, 0.2) is 0 Å². The molecule has 0 unspecified atom stereocenters. The normalized spacial score (nSPS) is 10.4. The molecule has 0 radical (unpaired) electrons. The van der Waals surface area contributed by atoms with Crippen LogP contribution >= 0.6 is 11.8 Å². The minimum atomic E-state index is -0.177. The van der Waals surface area contributed by atoms with Crippen molar-refractivity contribution in [3.05, 3.63) is 41.8 Å². The number of nitrogens with one attached hydrogen (secondary N) is 1. The Bertz CT molecular complexity index is 402. The molecule has 5 heteroatoms. The summed E-state index contributed by atoms with van der Waals surface area (Å²) in [5.41, 5.74) is 0.681. The molecule has 0 spiro atoms. The minimum absolute atomic E-state index is 0.177. The van der Waals surface area contributed by atoms with Gasteiger partial charge in [0.25, 0.3) is 0 Å². The monoisotopic (exact) mass is 209 g/mol. The van der Waals surface area contributed by atoms with Crippen LogP contribution in [0.1, 0.15) is 5.56 Å². The highest BCUT2D eigenvalue weighted by Gasteiger charge is 2.02. The Morgan fingerprint density at radius 1 is 1.36 bits per heavy atom. The van der Waals surface area contributed by atoms with Crippen molar-refractivity contribution in [1.82, 2.24) is 15.4 Å². The molecule has 2 rings (SSSR count). The van der Waals surface area contributed by atoms with E-state index in [4.69, 9.17) is 0 Å². The van der Waals surface area contributed by atoms with Crippen LogP contribution in [0.5, 0.6) is 0 Å². The molecule has 72 valence electrons. The minimum Gasteiger partial charge on any atom is -0.207 e. The summed E-state index contributed by atoms with van der Waals surface area (Å²) < 4.78 is 13.2. The van der Waals surface area contributed by atoms with Crippen molar-refractivity contribution in [2.24, 2.45) is 0 Å². The van der Waals surface area contributed by atoms with Gasteiger partial charge in [0.1, 0.15) is 10.8 Å². The fourth-order valence-electron chi connectivity index (χ4n) is 1.03. The molecule has 0 saturated heterocycles. The molecule has 0 aliphatic heterocycles. The number of nitrogens with zero attached hydrogens (tertiary/aromatic N) is 2. The van der Waals surface area contributed by atoms with Gasteiger partial charge in [-0.05, 0) is 11.6 Å². The second-order valence-corrected chi connectivity index (χ2v) is 3.68. The Morgan fingerprint density at radius 3 is 2.93 bits per heavy atom. The Hall–Kier alpha value is -1.36. The Balaban J connectivity index is 2.02. The van der Waals surface area contributed by atoms with Gasteiger partial charge in [0, 0.05) is 5.75 Å². The van der Waals surface area contributed by atoms with E-state index in [0.29, 0.717) is 11.3 Å². The summed E-state index contributed by atoms with van der Waals surface area (Å²) in [5, 5.41) is 10.8. The van der Waals surface area contributed by atoms with Crippen molar-refractivity contribution < 1.29 is 4.39 Å². The van der Waals surface area contributed by atoms with Crippen molar-refractivity contribution in [3.8, 4) is 0 Å². The lowest BCUT2D eigenvalue weighted by atomic mass is 10.2. The highest BCUT2D eigenvalue weighted by Crippen LogP contribution is 2.20. The van der Waals surface area contributed by atoms with Crippen molar-refractivity contribution in [2.45, 2.75) is 10.8 Å². The number of rotatable bonds is 3. The van der Waals surface area contributed by atoms with Crippen LogP contribution in [0.2, 0.25) is 0 Å². The van der Waals surface area contributed by atoms with Crippen molar-refractivity contribution in [3.63, 3.8) is 0 Å². The predicted molar refractivity (Wildman–Crippen MR) is 52.3 cm³/mol. The van der Waals surface area contributed by atoms with Crippen LogP contribution in [0.4, 0.5) is 4.39 Å². The van der Waals surface area contributed by atoms with E-state index in [1.54, 1.807) is 18.3 Å². The van der Waals surface area contributed by atoms with E-state index in [0.717, 1.165) is 5.03 Å². The summed E-state index contributed by atoms with van der Waals surface area (Å²) in [6.45, 7) is 0. The Kier molecular flexibility index (Phi) is 2.78. The number of halogens is 1. The SMILES string of the molecule is Fc1ccccc1CSc1cn[nH]n1. The van der Waals surface area contributed by atoms with Crippen molar-refractivity contribution in [1.29, 1.82) is 0 Å². The molecular formula is C9H8FN3S. The maximum Gasteiger partial charge on any atom is 0.139 e. The number of H-pyrrole nitrogens is 1. The van der Waals surface area contributed by atoms with E-state index in [1.807, 2.05) is 6.07 Å². The van der Waals surface area contributed by atoms with Crippen LogP contribution in [0, 0.1) is 5.82 Å². The molecule has 0 fully saturated rings. The van der Waals surface area contributed by atoms with Gasteiger partial charge >= 0.3 is 0 Å². The lowest BCUT2D eigenvalue weighted by molar-refractivity contribution is 0.617. The molecule has 1 aromatic carbocycles. The van der Waals surface area contributed by atoms with Gasteiger partial charge in [0.05, 0.1) is 6.20 Å². The number of aromatic amines is 1. The zero-order valence-corrected chi connectivity index (χ0v) is 8.09. The third kappa shape index (κ3) is 2.11. The number of thioether (sulfide) groups is 1. The van der Waals surface area contributed by atoms with E-state index in [9.17, 15) is 4.39 Å². The van der Waals surface area contributed by atoms with Crippen LogP contribution in [0.25, 0.3) is 0 Å². The molecule has 0 bridgehead atoms. The largest absolute Gasteiger partial charge is 0.207 e. The van der Waals surface area contributed by atoms with Crippen LogP contribution in [0.15, 0.2) is 35.5 Å². The second kappa shape index (κ2) is 4.23. The molecule has 0 saturated carbocycles. The van der Waals surface area contributed by atoms with Crippen LogP contribution in [0.3, 0.4) is 0 Å². The molecule has 3 nitrogen and oxygen atoms in total. The first-order valence-corrected chi connectivity index (χ1v) is 5.07. The molecule has 0 aliphatic carbocycles. The molecular weight excluding hydrogens is 201 g/mol. The second-order valence-electron chi connectivity index (χ2n) is 2.69. The molecule has 1 heterocycles. The average molecular weight is 209 g/mol. The summed E-state index contributed by atoms with van der Waals surface area (Å²) >= 11 is 1.45. The van der Waals surface area contributed by atoms with Gasteiger partial charge in [-0.1, -0.05) is 30.0 Å². The van der Waals surface area contributed by atoms with Crippen LogP contribution in [-0.2, 0) is 5.75 Å².